The van der Waals surface area contributed by atoms with E-state index in [-0.39, 0.29) is 27.4 Å². The summed E-state index contributed by atoms with van der Waals surface area (Å²) in [6, 6.07) is 48.6. The number of hydrogen-bond donors (Lipinski definition) is 0. The minimum atomic E-state index is -3.34. The van der Waals surface area contributed by atoms with Crippen LogP contribution in [0.3, 0.4) is 0 Å². The number of alkyl halides is 2. The van der Waals surface area contributed by atoms with Gasteiger partial charge in [0.05, 0.1) is 22.4 Å². The maximum atomic E-state index is 17.7. The number of pyridine rings is 1. The van der Waals surface area contributed by atoms with Crippen LogP contribution in [0.5, 0.6) is 0 Å². The van der Waals surface area contributed by atoms with Gasteiger partial charge in [0.25, 0.3) is 5.92 Å². The first kappa shape index (κ1) is 43.0. The van der Waals surface area contributed by atoms with Crippen molar-refractivity contribution >= 4 is 44.6 Å². The molecular formula is C58H60F2N4. The second kappa shape index (κ2) is 15.2. The van der Waals surface area contributed by atoms with E-state index in [0.717, 1.165) is 50.2 Å². The molecule has 9 rings (SSSR count). The standard InChI is InChI=1S/C58H60F2N4/c1-54(2,3)41-29-42(55(4,5)6)32-45(31-41)62-37-63(51-24-18-17-23-50(51)62)46-33-43(56(7,8)9)30-44(34-46)58(59,60)40-25-26-48-47-21-15-16-22-49(47)64(52(48)35-40)53-36-39(27-28-61-53)57(10,11)38-19-13-12-14-20-38/h12-36H,37H2,1-11H3. The van der Waals surface area contributed by atoms with Crippen molar-refractivity contribution in [2.75, 3.05) is 16.5 Å². The van der Waals surface area contributed by atoms with Crippen LogP contribution in [-0.2, 0) is 27.6 Å². The molecule has 0 saturated heterocycles. The third-order valence-electron chi connectivity index (χ3n) is 13.4. The summed E-state index contributed by atoms with van der Waals surface area (Å²) in [5.41, 5.74) is 10.1. The van der Waals surface area contributed by atoms with Gasteiger partial charge in [0, 0.05) is 44.9 Å². The lowest BCUT2D eigenvalue weighted by atomic mass is 9.78. The Labute approximate surface area is 378 Å². The van der Waals surface area contributed by atoms with Crippen molar-refractivity contribution in [1.82, 2.24) is 9.55 Å². The van der Waals surface area contributed by atoms with E-state index in [0.29, 0.717) is 18.0 Å². The predicted octanol–water partition coefficient (Wildman–Crippen LogP) is 15.8. The molecule has 0 unspecified atom stereocenters. The second-order valence-corrected chi connectivity index (χ2v) is 21.3. The second-order valence-electron chi connectivity index (χ2n) is 21.3. The number of benzene rings is 6. The molecule has 0 bridgehead atoms. The third-order valence-corrected chi connectivity index (χ3v) is 13.4. The topological polar surface area (TPSA) is 24.3 Å². The molecule has 6 aromatic carbocycles. The lowest BCUT2D eigenvalue weighted by Gasteiger charge is -2.30. The van der Waals surface area contributed by atoms with Gasteiger partial charge >= 0.3 is 0 Å². The zero-order chi connectivity index (χ0) is 45.6. The maximum absolute atomic E-state index is 17.7. The van der Waals surface area contributed by atoms with Gasteiger partial charge in [-0.05, 0) is 111 Å². The molecule has 2 aromatic heterocycles. The number of aromatic nitrogens is 2. The van der Waals surface area contributed by atoms with Crippen molar-refractivity contribution in [2.24, 2.45) is 0 Å². The number of fused-ring (bicyclic) bond motifs is 4. The monoisotopic (exact) mass is 850 g/mol. The molecule has 4 nitrogen and oxygen atoms in total. The fraction of sp³-hybridized carbons (Fsp3) is 0.293. The SMILES string of the molecule is CC(C)(C)c1cc(N2CN(c3cc(C(C)(C)C)cc(C(F)(F)c4ccc5c6ccccc6n(-c6cc(C(C)(C)c7ccccc7)ccn6)c5c4)c3)c3ccccc32)cc(C(C)(C)C)c1. The molecule has 64 heavy (non-hydrogen) atoms. The summed E-state index contributed by atoms with van der Waals surface area (Å²) in [6.07, 6.45) is 1.83. The zero-order valence-corrected chi connectivity index (χ0v) is 39.2. The van der Waals surface area contributed by atoms with Gasteiger partial charge in [0.2, 0.25) is 0 Å². The highest BCUT2D eigenvalue weighted by molar-refractivity contribution is 6.09. The number of anilines is 4. The van der Waals surface area contributed by atoms with Crippen molar-refractivity contribution in [2.45, 2.75) is 104 Å². The quantitative estimate of drug-likeness (QED) is 0.160. The summed E-state index contributed by atoms with van der Waals surface area (Å²) in [5.74, 6) is -2.65. The van der Waals surface area contributed by atoms with Gasteiger partial charge in [-0.25, -0.2) is 4.98 Å². The highest BCUT2D eigenvalue weighted by Crippen LogP contribution is 2.49. The smallest absolute Gasteiger partial charge is 0.298 e. The van der Waals surface area contributed by atoms with Crippen molar-refractivity contribution in [3.05, 3.63) is 191 Å². The summed E-state index contributed by atoms with van der Waals surface area (Å²) in [5, 5.41) is 1.88. The van der Waals surface area contributed by atoms with Crippen LogP contribution in [0.25, 0.3) is 27.6 Å². The normalized spacial score (nSPS) is 13.9. The summed E-state index contributed by atoms with van der Waals surface area (Å²) in [7, 11) is 0. The average Bonchev–Trinajstić information content (AvgIpc) is 3.82. The molecule has 8 aromatic rings. The van der Waals surface area contributed by atoms with E-state index >= 15 is 8.78 Å². The summed E-state index contributed by atoms with van der Waals surface area (Å²) < 4.78 is 37.5. The molecule has 0 N–H and O–H groups in total. The minimum Gasteiger partial charge on any atom is -0.321 e. The molecular weight excluding hydrogens is 791 g/mol. The zero-order valence-electron chi connectivity index (χ0n) is 39.2. The van der Waals surface area contributed by atoms with Crippen LogP contribution in [0.4, 0.5) is 31.5 Å². The molecule has 1 aliphatic rings. The van der Waals surface area contributed by atoms with Gasteiger partial charge in [0.15, 0.2) is 0 Å². The van der Waals surface area contributed by atoms with Gasteiger partial charge in [-0.3, -0.25) is 4.57 Å². The Kier molecular flexibility index (Phi) is 10.2. The average molecular weight is 851 g/mol. The van der Waals surface area contributed by atoms with Gasteiger partial charge in [-0.2, -0.15) is 8.78 Å². The highest BCUT2D eigenvalue weighted by Gasteiger charge is 2.38. The van der Waals surface area contributed by atoms with E-state index < -0.39 is 11.3 Å². The first-order chi connectivity index (χ1) is 30.1. The Morgan fingerprint density at radius 2 is 0.922 bits per heavy atom. The third kappa shape index (κ3) is 7.55. The summed E-state index contributed by atoms with van der Waals surface area (Å²) in [4.78, 5) is 9.41. The number of nitrogens with zero attached hydrogens (tertiary/aromatic N) is 4. The first-order valence-corrected chi connectivity index (χ1v) is 22.5. The predicted molar refractivity (Wildman–Crippen MR) is 265 cm³/mol. The van der Waals surface area contributed by atoms with Crippen LogP contribution < -0.4 is 9.80 Å². The molecule has 0 aliphatic carbocycles. The Balaban J connectivity index is 1.17. The fourth-order valence-corrected chi connectivity index (χ4v) is 9.20. The Morgan fingerprint density at radius 3 is 1.50 bits per heavy atom. The Bertz CT molecular complexity index is 3010. The molecule has 0 saturated carbocycles. The number of hydrogen-bond acceptors (Lipinski definition) is 3. The van der Waals surface area contributed by atoms with Crippen molar-refractivity contribution in [3.63, 3.8) is 0 Å². The van der Waals surface area contributed by atoms with E-state index in [4.69, 9.17) is 4.98 Å². The molecule has 326 valence electrons. The summed E-state index contributed by atoms with van der Waals surface area (Å²) >= 11 is 0. The molecule has 1 aliphatic heterocycles. The van der Waals surface area contributed by atoms with Crippen LogP contribution >= 0.6 is 0 Å². The molecule has 0 fully saturated rings. The van der Waals surface area contributed by atoms with Crippen molar-refractivity contribution in [1.29, 1.82) is 0 Å². The van der Waals surface area contributed by atoms with Crippen molar-refractivity contribution < 1.29 is 8.78 Å². The van der Waals surface area contributed by atoms with Crippen LogP contribution in [-0.4, -0.2) is 16.2 Å². The number of rotatable bonds is 7. The van der Waals surface area contributed by atoms with E-state index in [9.17, 15) is 0 Å². The van der Waals surface area contributed by atoms with Crippen LogP contribution in [0.1, 0.15) is 115 Å². The minimum absolute atomic E-state index is 0.0395. The maximum Gasteiger partial charge on any atom is 0.298 e. The van der Waals surface area contributed by atoms with Gasteiger partial charge in [-0.15, -0.1) is 0 Å². The van der Waals surface area contributed by atoms with Crippen molar-refractivity contribution in [3.8, 4) is 5.82 Å². The Morgan fingerprint density at radius 1 is 0.422 bits per heavy atom. The molecule has 0 radical (unpaired) electrons. The van der Waals surface area contributed by atoms with Gasteiger partial charge < -0.3 is 9.80 Å². The summed E-state index contributed by atoms with van der Waals surface area (Å²) in [6.45, 7) is 24.7. The number of halogens is 2. The van der Waals surface area contributed by atoms with E-state index in [2.05, 4.69) is 165 Å². The lowest BCUT2D eigenvalue weighted by Crippen LogP contribution is -2.26. The molecule has 0 atom stereocenters. The fourth-order valence-electron chi connectivity index (χ4n) is 9.20. The first-order valence-electron chi connectivity index (χ1n) is 22.5. The lowest BCUT2D eigenvalue weighted by molar-refractivity contribution is 0.0428. The van der Waals surface area contributed by atoms with Gasteiger partial charge in [0.1, 0.15) is 12.5 Å². The molecule has 3 heterocycles. The van der Waals surface area contributed by atoms with E-state index in [1.54, 1.807) is 24.3 Å². The highest BCUT2D eigenvalue weighted by atomic mass is 19.3. The van der Waals surface area contributed by atoms with E-state index in [1.165, 1.54) is 16.7 Å². The van der Waals surface area contributed by atoms with Crippen LogP contribution in [0.2, 0.25) is 0 Å². The largest absolute Gasteiger partial charge is 0.321 e. The Hall–Kier alpha value is -6.27. The van der Waals surface area contributed by atoms with Gasteiger partial charge in [-0.1, -0.05) is 155 Å². The van der Waals surface area contributed by atoms with Crippen LogP contribution in [0, 0.1) is 0 Å². The van der Waals surface area contributed by atoms with Crippen LogP contribution in [0.15, 0.2) is 152 Å². The molecule has 0 amide bonds. The molecule has 6 heteroatoms. The number of para-hydroxylation sites is 3. The van der Waals surface area contributed by atoms with E-state index in [1.807, 2.05) is 53.2 Å². The molecule has 0 spiro atoms.